The van der Waals surface area contributed by atoms with Gasteiger partial charge in [0.1, 0.15) is 0 Å². The first kappa shape index (κ1) is 16.3. The minimum Gasteiger partial charge on any atom is -0.354 e. The maximum absolute atomic E-state index is 12.5. The van der Waals surface area contributed by atoms with Crippen LogP contribution in [0.5, 0.6) is 0 Å². The average molecular weight is 327 g/mol. The quantitative estimate of drug-likeness (QED) is 0.719. The second kappa shape index (κ2) is 7.33. The molecule has 3 aromatic rings. The van der Waals surface area contributed by atoms with E-state index in [2.05, 4.69) is 10.6 Å². The number of aryl methyl sites for hydroxylation is 1. The molecule has 3 aromatic carbocycles. The molecule has 0 radical (unpaired) electrons. The number of benzene rings is 3. The predicted molar refractivity (Wildman–Crippen MR) is 100 cm³/mol. The van der Waals surface area contributed by atoms with Crippen molar-refractivity contribution in [3.8, 4) is 6.07 Å². The van der Waals surface area contributed by atoms with E-state index >= 15 is 0 Å². The van der Waals surface area contributed by atoms with E-state index in [4.69, 9.17) is 5.26 Å². The van der Waals surface area contributed by atoms with Gasteiger partial charge in [-0.3, -0.25) is 4.79 Å². The van der Waals surface area contributed by atoms with Gasteiger partial charge in [-0.05, 0) is 49.4 Å². The van der Waals surface area contributed by atoms with E-state index in [1.807, 2.05) is 61.5 Å². The van der Waals surface area contributed by atoms with Crippen molar-refractivity contribution in [3.05, 3.63) is 89.5 Å². The van der Waals surface area contributed by atoms with E-state index in [1.165, 1.54) is 5.56 Å². The first-order valence-corrected chi connectivity index (χ1v) is 7.90. The summed E-state index contributed by atoms with van der Waals surface area (Å²) in [6.07, 6.45) is 0. The fourth-order valence-corrected chi connectivity index (χ4v) is 2.42. The first-order valence-electron chi connectivity index (χ1n) is 7.90. The Bertz CT molecular complexity index is 940. The molecule has 0 heterocycles. The molecule has 0 saturated heterocycles. The molecule has 0 saturated carbocycles. The number of carbonyl (C=O) groups excluding carboxylic acids is 1. The van der Waals surface area contributed by atoms with E-state index in [0.717, 1.165) is 11.4 Å². The monoisotopic (exact) mass is 327 g/mol. The number of hydrogen-bond donors (Lipinski definition) is 2. The molecule has 0 atom stereocenters. The van der Waals surface area contributed by atoms with Crippen LogP contribution in [0.3, 0.4) is 0 Å². The molecular weight excluding hydrogens is 310 g/mol. The molecule has 0 aliphatic carbocycles. The lowest BCUT2D eigenvalue weighted by atomic mass is 10.1. The van der Waals surface area contributed by atoms with E-state index in [9.17, 15) is 4.79 Å². The number of nitriles is 1. The zero-order chi connectivity index (χ0) is 17.6. The molecule has 4 heteroatoms. The molecule has 0 fully saturated rings. The van der Waals surface area contributed by atoms with Crippen LogP contribution in [-0.4, -0.2) is 5.91 Å². The van der Waals surface area contributed by atoms with Gasteiger partial charge in [0.15, 0.2) is 0 Å². The maximum Gasteiger partial charge on any atom is 0.255 e. The van der Waals surface area contributed by atoms with Crippen LogP contribution in [0.15, 0.2) is 72.8 Å². The Labute approximate surface area is 146 Å². The molecule has 1 amide bonds. The van der Waals surface area contributed by atoms with Crippen LogP contribution in [0, 0.1) is 18.3 Å². The standard InChI is InChI=1S/C21H17N3O/c1-15-9-11-18(12-10-15)23-19-7-2-3-8-20(19)24-21(25)17-6-4-5-16(13-17)14-22/h2-13,23H,1H3,(H,24,25). The van der Waals surface area contributed by atoms with Crippen LogP contribution in [0.1, 0.15) is 21.5 Å². The highest BCUT2D eigenvalue weighted by atomic mass is 16.1. The average Bonchev–Trinajstić information content (AvgIpc) is 2.65. The fourth-order valence-electron chi connectivity index (χ4n) is 2.42. The van der Waals surface area contributed by atoms with E-state index < -0.39 is 0 Å². The number of amides is 1. The zero-order valence-corrected chi connectivity index (χ0v) is 13.8. The summed E-state index contributed by atoms with van der Waals surface area (Å²) in [5.74, 6) is -0.254. The van der Waals surface area contributed by atoms with Crippen molar-refractivity contribution < 1.29 is 4.79 Å². The van der Waals surface area contributed by atoms with Crippen LogP contribution >= 0.6 is 0 Å². The highest BCUT2D eigenvalue weighted by Gasteiger charge is 2.10. The summed E-state index contributed by atoms with van der Waals surface area (Å²) < 4.78 is 0. The van der Waals surface area contributed by atoms with Gasteiger partial charge in [-0.25, -0.2) is 0 Å². The minimum atomic E-state index is -0.254. The van der Waals surface area contributed by atoms with E-state index in [-0.39, 0.29) is 5.91 Å². The number of nitrogens with zero attached hydrogens (tertiary/aromatic N) is 1. The number of nitrogens with one attached hydrogen (secondary N) is 2. The van der Waals surface area contributed by atoms with E-state index in [0.29, 0.717) is 16.8 Å². The van der Waals surface area contributed by atoms with Gasteiger partial charge in [0, 0.05) is 11.3 Å². The Morgan fingerprint density at radius 2 is 1.64 bits per heavy atom. The zero-order valence-electron chi connectivity index (χ0n) is 13.8. The van der Waals surface area contributed by atoms with Crippen LogP contribution in [0.4, 0.5) is 17.1 Å². The number of anilines is 3. The molecule has 3 rings (SSSR count). The summed E-state index contributed by atoms with van der Waals surface area (Å²) in [5.41, 5.74) is 4.51. The van der Waals surface area contributed by atoms with Gasteiger partial charge in [0.2, 0.25) is 0 Å². The molecule has 25 heavy (non-hydrogen) atoms. The third kappa shape index (κ3) is 4.04. The van der Waals surface area contributed by atoms with Gasteiger partial charge in [-0.1, -0.05) is 35.9 Å². The lowest BCUT2D eigenvalue weighted by Gasteiger charge is -2.13. The molecule has 2 N–H and O–H groups in total. The SMILES string of the molecule is Cc1ccc(Nc2ccccc2NC(=O)c2cccc(C#N)c2)cc1. The second-order valence-corrected chi connectivity index (χ2v) is 5.68. The summed E-state index contributed by atoms with van der Waals surface area (Å²) >= 11 is 0. The number of para-hydroxylation sites is 2. The molecule has 0 unspecified atom stereocenters. The molecular formula is C21H17N3O. The van der Waals surface area contributed by atoms with Gasteiger partial charge < -0.3 is 10.6 Å². The molecule has 0 aliphatic heterocycles. The van der Waals surface area contributed by atoms with Crippen LogP contribution < -0.4 is 10.6 Å². The fraction of sp³-hybridized carbons (Fsp3) is 0.0476. The number of carbonyl (C=O) groups is 1. The molecule has 122 valence electrons. The van der Waals surface area contributed by atoms with Crippen LogP contribution in [0.2, 0.25) is 0 Å². The summed E-state index contributed by atoms with van der Waals surface area (Å²) in [5, 5.41) is 15.2. The molecule has 0 bridgehead atoms. The Kier molecular flexibility index (Phi) is 4.77. The van der Waals surface area contributed by atoms with Crippen molar-refractivity contribution in [3.63, 3.8) is 0 Å². The molecule has 0 aliphatic rings. The first-order chi connectivity index (χ1) is 12.2. The maximum atomic E-state index is 12.5. The lowest BCUT2D eigenvalue weighted by Crippen LogP contribution is -2.13. The Hall–Kier alpha value is -3.58. The molecule has 4 nitrogen and oxygen atoms in total. The van der Waals surface area contributed by atoms with Gasteiger partial charge in [0.05, 0.1) is 23.0 Å². The highest BCUT2D eigenvalue weighted by molar-refractivity contribution is 6.06. The summed E-state index contributed by atoms with van der Waals surface area (Å²) in [6.45, 7) is 2.04. The summed E-state index contributed by atoms with van der Waals surface area (Å²) in [4.78, 5) is 12.5. The smallest absolute Gasteiger partial charge is 0.255 e. The normalized spacial score (nSPS) is 9.92. The topological polar surface area (TPSA) is 64.9 Å². The highest BCUT2D eigenvalue weighted by Crippen LogP contribution is 2.26. The Morgan fingerprint density at radius 3 is 2.36 bits per heavy atom. The molecule has 0 aromatic heterocycles. The van der Waals surface area contributed by atoms with Gasteiger partial charge in [-0.2, -0.15) is 5.26 Å². The van der Waals surface area contributed by atoms with Gasteiger partial charge >= 0.3 is 0 Å². The number of hydrogen-bond acceptors (Lipinski definition) is 3. The third-order valence-electron chi connectivity index (χ3n) is 3.76. The van der Waals surface area contributed by atoms with Gasteiger partial charge in [0.25, 0.3) is 5.91 Å². The van der Waals surface area contributed by atoms with Gasteiger partial charge in [-0.15, -0.1) is 0 Å². The predicted octanol–water partition coefficient (Wildman–Crippen LogP) is 4.86. The lowest BCUT2D eigenvalue weighted by molar-refractivity contribution is 0.102. The summed E-state index contributed by atoms with van der Waals surface area (Å²) in [6, 6.07) is 24.2. The van der Waals surface area contributed by atoms with Crippen LogP contribution in [-0.2, 0) is 0 Å². The number of rotatable bonds is 4. The van der Waals surface area contributed by atoms with Crippen molar-refractivity contribution >= 4 is 23.0 Å². The van der Waals surface area contributed by atoms with Crippen LogP contribution in [0.25, 0.3) is 0 Å². The van der Waals surface area contributed by atoms with Crippen molar-refractivity contribution in [2.45, 2.75) is 6.92 Å². The molecule has 0 spiro atoms. The van der Waals surface area contributed by atoms with E-state index in [1.54, 1.807) is 24.3 Å². The van der Waals surface area contributed by atoms with Crippen molar-refractivity contribution in [2.24, 2.45) is 0 Å². The van der Waals surface area contributed by atoms with Crippen molar-refractivity contribution in [1.29, 1.82) is 5.26 Å². The van der Waals surface area contributed by atoms with Crippen molar-refractivity contribution in [2.75, 3.05) is 10.6 Å². The second-order valence-electron chi connectivity index (χ2n) is 5.68. The third-order valence-corrected chi connectivity index (χ3v) is 3.76. The Balaban J connectivity index is 1.82. The largest absolute Gasteiger partial charge is 0.354 e. The van der Waals surface area contributed by atoms with Crippen molar-refractivity contribution in [1.82, 2.24) is 0 Å². The Morgan fingerprint density at radius 1 is 0.920 bits per heavy atom. The minimum absolute atomic E-state index is 0.254. The summed E-state index contributed by atoms with van der Waals surface area (Å²) in [7, 11) is 0.